The molecular formula is C23H25N9. The zero-order chi connectivity index (χ0) is 22.7. The van der Waals surface area contributed by atoms with Gasteiger partial charge in [0.15, 0.2) is 5.69 Å². The van der Waals surface area contributed by atoms with E-state index < -0.39 is 0 Å². The Morgan fingerprint density at radius 1 is 0.969 bits per heavy atom. The van der Waals surface area contributed by atoms with Crippen LogP contribution in [0.3, 0.4) is 0 Å². The maximum absolute atomic E-state index is 9.05. The highest BCUT2D eigenvalue weighted by molar-refractivity contribution is 5.82. The number of nitrogens with zero attached hydrogens (tertiary/aromatic N) is 7. The van der Waals surface area contributed by atoms with Crippen molar-refractivity contribution in [1.29, 1.82) is 5.26 Å². The van der Waals surface area contributed by atoms with Crippen molar-refractivity contribution in [3.63, 3.8) is 0 Å². The molecule has 2 aromatic carbocycles. The van der Waals surface area contributed by atoms with Crippen LogP contribution >= 0.6 is 0 Å². The SMILES string of the molecule is [C-]#[N+]c1ccc2c(c1)nc(N)n2CCCN(C)CCCn1c(N)nc2cc(C#N)ccc21. The Bertz CT molecular complexity index is 1250. The molecule has 0 spiro atoms. The molecule has 4 N–H and O–H groups in total. The highest BCUT2D eigenvalue weighted by Gasteiger charge is 2.11. The van der Waals surface area contributed by atoms with Crippen molar-refractivity contribution in [2.75, 3.05) is 31.6 Å². The van der Waals surface area contributed by atoms with Gasteiger partial charge in [-0.2, -0.15) is 5.26 Å². The highest BCUT2D eigenvalue weighted by atomic mass is 15.2. The second-order valence-corrected chi connectivity index (χ2v) is 7.85. The van der Waals surface area contributed by atoms with Crippen molar-refractivity contribution in [2.45, 2.75) is 25.9 Å². The first kappa shape index (κ1) is 21.2. The number of aromatic nitrogens is 4. The number of aryl methyl sites for hydroxylation is 2. The first-order valence-electron chi connectivity index (χ1n) is 10.5. The lowest BCUT2D eigenvalue weighted by atomic mass is 10.2. The minimum atomic E-state index is 0.474. The summed E-state index contributed by atoms with van der Waals surface area (Å²) < 4.78 is 4.00. The second kappa shape index (κ2) is 8.96. The smallest absolute Gasteiger partial charge is 0.201 e. The van der Waals surface area contributed by atoms with E-state index in [0.717, 1.165) is 61.1 Å². The Morgan fingerprint density at radius 3 is 2.09 bits per heavy atom. The fourth-order valence-corrected chi connectivity index (χ4v) is 4.00. The number of nitrogen functional groups attached to an aromatic ring is 2. The fraction of sp³-hybridized carbons (Fsp3) is 0.304. The van der Waals surface area contributed by atoms with Crippen LogP contribution in [0.15, 0.2) is 36.4 Å². The molecule has 4 rings (SSSR count). The van der Waals surface area contributed by atoms with Gasteiger partial charge in [0.1, 0.15) is 0 Å². The van der Waals surface area contributed by atoms with Gasteiger partial charge in [0.05, 0.1) is 40.3 Å². The molecule has 32 heavy (non-hydrogen) atoms. The largest absolute Gasteiger partial charge is 0.369 e. The monoisotopic (exact) mass is 427 g/mol. The molecule has 2 heterocycles. The molecule has 162 valence electrons. The molecule has 0 saturated heterocycles. The van der Waals surface area contributed by atoms with Gasteiger partial charge in [-0.05, 0) is 63.3 Å². The molecule has 9 nitrogen and oxygen atoms in total. The highest BCUT2D eigenvalue weighted by Crippen LogP contribution is 2.24. The van der Waals surface area contributed by atoms with Crippen LogP contribution < -0.4 is 11.5 Å². The summed E-state index contributed by atoms with van der Waals surface area (Å²) in [6.07, 6.45) is 1.87. The molecule has 0 saturated carbocycles. The Labute approximate surface area is 186 Å². The maximum Gasteiger partial charge on any atom is 0.201 e. The Morgan fingerprint density at radius 2 is 1.53 bits per heavy atom. The van der Waals surface area contributed by atoms with Crippen LogP contribution in [-0.2, 0) is 13.1 Å². The Kier molecular flexibility index (Phi) is 5.93. The third-order valence-electron chi connectivity index (χ3n) is 5.64. The van der Waals surface area contributed by atoms with E-state index in [-0.39, 0.29) is 0 Å². The molecule has 0 unspecified atom stereocenters. The van der Waals surface area contributed by atoms with E-state index in [9.17, 15) is 0 Å². The lowest BCUT2D eigenvalue weighted by Crippen LogP contribution is -2.23. The van der Waals surface area contributed by atoms with E-state index in [0.29, 0.717) is 23.1 Å². The minimum absolute atomic E-state index is 0.474. The van der Waals surface area contributed by atoms with Crippen LogP contribution in [-0.4, -0.2) is 44.1 Å². The molecule has 9 heteroatoms. The summed E-state index contributed by atoms with van der Waals surface area (Å²) in [5.41, 5.74) is 16.8. The molecule has 0 aliphatic rings. The minimum Gasteiger partial charge on any atom is -0.369 e. The maximum atomic E-state index is 9.05. The van der Waals surface area contributed by atoms with Gasteiger partial charge in [0, 0.05) is 13.1 Å². The quantitative estimate of drug-likeness (QED) is 0.416. The fourth-order valence-electron chi connectivity index (χ4n) is 4.00. The number of benzene rings is 2. The topological polar surface area (TPSA) is 119 Å². The normalized spacial score (nSPS) is 11.2. The van der Waals surface area contributed by atoms with E-state index in [1.54, 1.807) is 24.3 Å². The van der Waals surface area contributed by atoms with E-state index in [4.69, 9.17) is 23.3 Å². The molecule has 0 radical (unpaired) electrons. The lowest BCUT2D eigenvalue weighted by molar-refractivity contribution is 0.312. The summed E-state index contributed by atoms with van der Waals surface area (Å²) in [6.45, 7) is 10.5. The molecule has 0 atom stereocenters. The van der Waals surface area contributed by atoms with Gasteiger partial charge in [0.25, 0.3) is 0 Å². The predicted molar refractivity (Wildman–Crippen MR) is 126 cm³/mol. The first-order valence-corrected chi connectivity index (χ1v) is 10.5. The lowest BCUT2D eigenvalue weighted by Gasteiger charge is -2.17. The number of imidazole rings is 2. The first-order chi connectivity index (χ1) is 15.5. The third kappa shape index (κ3) is 4.20. The molecule has 0 fully saturated rings. The molecule has 0 aliphatic carbocycles. The number of rotatable bonds is 8. The Balaban J connectivity index is 1.30. The standard InChI is InChI=1S/C23H25N9/c1-27-17-6-8-21-19(14-17)29-23(26)32(21)12-4-10-30(2)9-3-11-31-20-7-5-16(15-24)13-18(20)28-22(31)25/h5-8,13-14H,3-4,9-12H2,2H3,(H2,25,28)(H2,26,29). The van der Waals surface area contributed by atoms with Crippen LogP contribution in [0.1, 0.15) is 18.4 Å². The summed E-state index contributed by atoms with van der Waals surface area (Å²) >= 11 is 0. The third-order valence-corrected chi connectivity index (χ3v) is 5.64. The van der Waals surface area contributed by atoms with Crippen LogP contribution in [0.2, 0.25) is 0 Å². The van der Waals surface area contributed by atoms with Gasteiger partial charge in [-0.15, -0.1) is 0 Å². The molecule has 0 aliphatic heterocycles. The molecule has 0 bridgehead atoms. The van der Waals surface area contributed by atoms with Gasteiger partial charge >= 0.3 is 0 Å². The number of fused-ring (bicyclic) bond motifs is 2. The van der Waals surface area contributed by atoms with Crippen LogP contribution in [0.25, 0.3) is 26.9 Å². The van der Waals surface area contributed by atoms with Gasteiger partial charge in [-0.3, -0.25) is 0 Å². The summed E-state index contributed by atoms with van der Waals surface area (Å²) in [5.74, 6) is 0.952. The van der Waals surface area contributed by atoms with Crippen molar-refractivity contribution in [3.8, 4) is 6.07 Å². The average Bonchev–Trinajstić information content (AvgIpc) is 3.27. The molecule has 2 aromatic heterocycles. The van der Waals surface area contributed by atoms with Crippen LogP contribution in [0.4, 0.5) is 17.6 Å². The molecular weight excluding hydrogens is 402 g/mol. The number of hydrogen-bond acceptors (Lipinski definition) is 6. The summed E-state index contributed by atoms with van der Waals surface area (Å²) in [6, 6.07) is 13.1. The van der Waals surface area contributed by atoms with Gasteiger partial charge < -0.3 is 25.5 Å². The summed E-state index contributed by atoms with van der Waals surface area (Å²) in [4.78, 5) is 14.5. The van der Waals surface area contributed by atoms with Gasteiger partial charge in [0.2, 0.25) is 11.9 Å². The zero-order valence-corrected chi connectivity index (χ0v) is 18.0. The van der Waals surface area contributed by atoms with Crippen molar-refractivity contribution in [2.24, 2.45) is 0 Å². The van der Waals surface area contributed by atoms with Crippen molar-refractivity contribution in [3.05, 3.63) is 53.4 Å². The van der Waals surface area contributed by atoms with Crippen LogP contribution in [0.5, 0.6) is 0 Å². The number of anilines is 2. The van der Waals surface area contributed by atoms with Gasteiger partial charge in [-0.1, -0.05) is 6.07 Å². The zero-order valence-electron chi connectivity index (χ0n) is 18.0. The van der Waals surface area contributed by atoms with Gasteiger partial charge in [-0.25, -0.2) is 14.8 Å². The second-order valence-electron chi connectivity index (χ2n) is 7.85. The number of hydrogen-bond donors (Lipinski definition) is 2. The molecule has 0 amide bonds. The average molecular weight is 428 g/mol. The summed E-state index contributed by atoms with van der Waals surface area (Å²) in [5, 5.41) is 9.05. The van der Waals surface area contributed by atoms with Crippen molar-refractivity contribution >= 4 is 39.7 Å². The van der Waals surface area contributed by atoms with E-state index in [1.807, 2.05) is 21.3 Å². The van der Waals surface area contributed by atoms with Crippen LogP contribution in [0, 0.1) is 17.9 Å². The summed E-state index contributed by atoms with van der Waals surface area (Å²) in [7, 11) is 2.10. The van der Waals surface area contributed by atoms with E-state index in [2.05, 4.69) is 32.8 Å². The number of nitrogens with two attached hydrogens (primary N) is 2. The van der Waals surface area contributed by atoms with Crippen molar-refractivity contribution < 1.29 is 0 Å². The van der Waals surface area contributed by atoms with E-state index >= 15 is 0 Å². The van der Waals surface area contributed by atoms with Crippen molar-refractivity contribution in [1.82, 2.24) is 24.0 Å². The predicted octanol–water partition coefficient (Wildman–Crippen LogP) is 3.39. The Hall–Kier alpha value is -4.08. The molecule has 4 aromatic rings. The number of nitriles is 1. The van der Waals surface area contributed by atoms with E-state index in [1.165, 1.54) is 0 Å².